The normalized spacial score (nSPS) is 11.4. The van der Waals surface area contributed by atoms with Crippen LogP contribution in [0.15, 0.2) is 29.4 Å². The molecule has 0 aliphatic heterocycles. The third-order valence-corrected chi connectivity index (χ3v) is 5.11. The third kappa shape index (κ3) is 4.63. The van der Waals surface area contributed by atoms with E-state index < -0.39 is 11.3 Å². The molecular formula is C18H25N5O2S. The SMILES string of the molecule is CCn1c(SCC(=O)NCC(C)(C)C(N)=O)nnc1-c1ccccc1C. The maximum Gasteiger partial charge on any atom is 0.230 e. The fraction of sp³-hybridized carbons (Fsp3) is 0.444. The van der Waals surface area contributed by atoms with Gasteiger partial charge in [0.15, 0.2) is 11.0 Å². The van der Waals surface area contributed by atoms with E-state index in [2.05, 4.69) is 15.5 Å². The summed E-state index contributed by atoms with van der Waals surface area (Å²) < 4.78 is 1.99. The number of amides is 2. The number of rotatable bonds is 8. The van der Waals surface area contributed by atoms with Gasteiger partial charge in [-0.05, 0) is 33.3 Å². The van der Waals surface area contributed by atoms with Crippen LogP contribution in [-0.2, 0) is 16.1 Å². The van der Waals surface area contributed by atoms with Gasteiger partial charge in [-0.15, -0.1) is 10.2 Å². The molecule has 0 spiro atoms. The molecule has 0 atom stereocenters. The second-order valence-corrected chi connectivity index (χ2v) is 7.62. The number of hydrogen-bond acceptors (Lipinski definition) is 5. The molecule has 0 unspecified atom stereocenters. The van der Waals surface area contributed by atoms with Crippen LogP contribution in [0.25, 0.3) is 11.4 Å². The van der Waals surface area contributed by atoms with Crippen LogP contribution in [0.5, 0.6) is 0 Å². The van der Waals surface area contributed by atoms with Crippen molar-refractivity contribution in [2.45, 2.75) is 39.4 Å². The molecular weight excluding hydrogens is 350 g/mol. The number of thioether (sulfide) groups is 1. The van der Waals surface area contributed by atoms with Crippen molar-refractivity contribution in [3.8, 4) is 11.4 Å². The summed E-state index contributed by atoms with van der Waals surface area (Å²) in [5.41, 5.74) is 6.69. The average molecular weight is 375 g/mol. The molecule has 1 aromatic heterocycles. The smallest absolute Gasteiger partial charge is 0.230 e. The van der Waals surface area contributed by atoms with E-state index in [0.717, 1.165) is 17.0 Å². The first-order valence-corrected chi connectivity index (χ1v) is 9.43. The van der Waals surface area contributed by atoms with Crippen molar-refractivity contribution < 1.29 is 9.59 Å². The summed E-state index contributed by atoms with van der Waals surface area (Å²) in [6, 6.07) is 8.00. The van der Waals surface area contributed by atoms with Crippen LogP contribution < -0.4 is 11.1 Å². The summed E-state index contributed by atoms with van der Waals surface area (Å²) in [4.78, 5) is 23.4. The van der Waals surface area contributed by atoms with E-state index in [0.29, 0.717) is 11.7 Å². The maximum atomic E-state index is 12.1. The summed E-state index contributed by atoms with van der Waals surface area (Å²) in [7, 11) is 0. The number of carbonyl (C=O) groups is 2. The van der Waals surface area contributed by atoms with Gasteiger partial charge < -0.3 is 15.6 Å². The second-order valence-electron chi connectivity index (χ2n) is 6.68. The van der Waals surface area contributed by atoms with E-state index in [1.165, 1.54) is 11.8 Å². The standard InChI is InChI=1S/C18H25N5O2S/c1-5-23-15(13-9-7-6-8-12(13)2)21-22-17(23)26-10-14(24)20-11-18(3,4)16(19)25/h6-9H,5,10-11H2,1-4H3,(H2,19,25)(H,20,24). The van der Waals surface area contributed by atoms with E-state index in [9.17, 15) is 9.59 Å². The molecule has 0 radical (unpaired) electrons. The lowest BCUT2D eigenvalue weighted by Crippen LogP contribution is -2.42. The lowest BCUT2D eigenvalue weighted by molar-refractivity contribution is -0.126. The highest BCUT2D eigenvalue weighted by Crippen LogP contribution is 2.26. The van der Waals surface area contributed by atoms with Crippen molar-refractivity contribution in [2.75, 3.05) is 12.3 Å². The van der Waals surface area contributed by atoms with Gasteiger partial charge in [-0.2, -0.15) is 0 Å². The van der Waals surface area contributed by atoms with Gasteiger partial charge in [0.05, 0.1) is 11.2 Å². The van der Waals surface area contributed by atoms with Gasteiger partial charge in [0.1, 0.15) is 0 Å². The minimum atomic E-state index is -0.776. The number of primary amides is 1. The molecule has 1 aromatic carbocycles. The van der Waals surface area contributed by atoms with Crippen molar-refractivity contribution in [1.82, 2.24) is 20.1 Å². The quantitative estimate of drug-likeness (QED) is 0.687. The molecule has 0 saturated heterocycles. The Kier molecular flexibility index (Phi) is 6.42. The average Bonchev–Trinajstić information content (AvgIpc) is 3.01. The Morgan fingerprint density at radius 2 is 1.96 bits per heavy atom. The van der Waals surface area contributed by atoms with E-state index in [-0.39, 0.29) is 18.2 Å². The minimum Gasteiger partial charge on any atom is -0.369 e. The summed E-state index contributed by atoms with van der Waals surface area (Å²) in [5.74, 6) is 0.371. The van der Waals surface area contributed by atoms with Crippen LogP contribution in [0.1, 0.15) is 26.3 Å². The van der Waals surface area contributed by atoms with Crippen molar-refractivity contribution in [3.05, 3.63) is 29.8 Å². The van der Waals surface area contributed by atoms with E-state index in [1.54, 1.807) is 13.8 Å². The van der Waals surface area contributed by atoms with Gasteiger partial charge in [0, 0.05) is 18.7 Å². The lowest BCUT2D eigenvalue weighted by atomic mass is 9.93. The van der Waals surface area contributed by atoms with E-state index in [4.69, 9.17) is 5.73 Å². The fourth-order valence-corrected chi connectivity index (χ4v) is 3.12. The Hall–Kier alpha value is -2.35. The molecule has 7 nitrogen and oxygen atoms in total. The molecule has 3 N–H and O–H groups in total. The van der Waals surface area contributed by atoms with Crippen molar-refractivity contribution >= 4 is 23.6 Å². The molecule has 0 saturated carbocycles. The number of aryl methyl sites for hydroxylation is 1. The Morgan fingerprint density at radius 3 is 2.58 bits per heavy atom. The van der Waals surface area contributed by atoms with Crippen molar-refractivity contribution in [2.24, 2.45) is 11.1 Å². The highest BCUT2D eigenvalue weighted by molar-refractivity contribution is 7.99. The summed E-state index contributed by atoms with van der Waals surface area (Å²) in [6.45, 7) is 8.36. The van der Waals surface area contributed by atoms with Crippen LogP contribution in [0.3, 0.4) is 0 Å². The van der Waals surface area contributed by atoms with Gasteiger partial charge in [0.2, 0.25) is 11.8 Å². The Morgan fingerprint density at radius 1 is 1.27 bits per heavy atom. The molecule has 0 aliphatic carbocycles. The van der Waals surface area contributed by atoms with Gasteiger partial charge in [-0.1, -0.05) is 36.0 Å². The molecule has 140 valence electrons. The summed E-state index contributed by atoms with van der Waals surface area (Å²) in [5, 5.41) is 12.0. The zero-order chi connectivity index (χ0) is 19.3. The Balaban J connectivity index is 2.04. The van der Waals surface area contributed by atoms with Crippen molar-refractivity contribution in [3.63, 3.8) is 0 Å². The molecule has 0 bridgehead atoms. The number of nitrogens with two attached hydrogens (primary N) is 1. The zero-order valence-electron chi connectivity index (χ0n) is 15.6. The van der Waals surface area contributed by atoms with Gasteiger partial charge in [-0.3, -0.25) is 9.59 Å². The highest BCUT2D eigenvalue weighted by atomic mass is 32.2. The first-order valence-electron chi connectivity index (χ1n) is 8.45. The Labute approximate surface area is 157 Å². The largest absolute Gasteiger partial charge is 0.369 e. The van der Waals surface area contributed by atoms with E-state index >= 15 is 0 Å². The minimum absolute atomic E-state index is 0.174. The Bertz CT molecular complexity index is 801. The zero-order valence-corrected chi connectivity index (χ0v) is 16.4. The molecule has 2 rings (SSSR count). The number of carbonyl (C=O) groups excluding carboxylic acids is 2. The number of aromatic nitrogens is 3. The van der Waals surface area contributed by atoms with Crippen LogP contribution in [0.4, 0.5) is 0 Å². The van der Waals surface area contributed by atoms with Crippen molar-refractivity contribution in [1.29, 1.82) is 0 Å². The van der Waals surface area contributed by atoms with Crippen LogP contribution in [0.2, 0.25) is 0 Å². The molecule has 2 amide bonds. The number of nitrogens with one attached hydrogen (secondary N) is 1. The number of benzene rings is 1. The van der Waals surface area contributed by atoms with Crippen LogP contribution in [-0.4, -0.2) is 38.9 Å². The molecule has 2 aromatic rings. The molecule has 0 fully saturated rings. The third-order valence-electron chi connectivity index (χ3n) is 4.15. The van der Waals surface area contributed by atoms with Crippen LogP contribution in [0, 0.1) is 12.3 Å². The summed E-state index contributed by atoms with van der Waals surface area (Å²) >= 11 is 1.32. The molecule has 1 heterocycles. The van der Waals surface area contributed by atoms with Gasteiger partial charge in [-0.25, -0.2) is 0 Å². The number of nitrogens with zero attached hydrogens (tertiary/aromatic N) is 3. The van der Waals surface area contributed by atoms with Crippen LogP contribution >= 0.6 is 11.8 Å². The van der Waals surface area contributed by atoms with Gasteiger partial charge >= 0.3 is 0 Å². The molecule has 0 aliphatic rings. The van der Waals surface area contributed by atoms with Gasteiger partial charge in [0.25, 0.3) is 0 Å². The predicted octanol–water partition coefficient (Wildman–Crippen LogP) is 1.99. The maximum absolute atomic E-state index is 12.1. The first kappa shape index (κ1) is 20.0. The van der Waals surface area contributed by atoms with E-state index in [1.807, 2.05) is 42.7 Å². The number of hydrogen-bond donors (Lipinski definition) is 2. The lowest BCUT2D eigenvalue weighted by Gasteiger charge is -2.20. The first-order chi connectivity index (χ1) is 12.3. The summed E-state index contributed by atoms with van der Waals surface area (Å²) in [6.07, 6.45) is 0. The second kappa shape index (κ2) is 8.35. The molecule has 8 heteroatoms. The topological polar surface area (TPSA) is 103 Å². The predicted molar refractivity (Wildman–Crippen MR) is 103 cm³/mol. The molecule has 26 heavy (non-hydrogen) atoms. The fourth-order valence-electron chi connectivity index (χ4n) is 2.29. The monoisotopic (exact) mass is 375 g/mol. The highest BCUT2D eigenvalue weighted by Gasteiger charge is 2.25.